The molecule has 0 saturated heterocycles. The van der Waals surface area contributed by atoms with E-state index in [0.29, 0.717) is 15.6 Å². The average Bonchev–Trinajstić information content (AvgIpc) is 2.53. The number of rotatable bonds is 5. The van der Waals surface area contributed by atoms with Crippen molar-refractivity contribution in [2.24, 2.45) is 0 Å². The number of carbonyl (C=O) groups excluding carboxylic acids is 2. The van der Waals surface area contributed by atoms with Crippen molar-refractivity contribution in [1.82, 2.24) is 4.90 Å². The van der Waals surface area contributed by atoms with E-state index in [-0.39, 0.29) is 18.4 Å². The van der Waals surface area contributed by atoms with Gasteiger partial charge in [-0.05, 0) is 36.6 Å². The number of anilines is 1. The van der Waals surface area contributed by atoms with Gasteiger partial charge in [0.15, 0.2) is 0 Å². The molecule has 2 rings (SSSR count). The molecule has 0 spiro atoms. The Bertz CT molecular complexity index is 748. The summed E-state index contributed by atoms with van der Waals surface area (Å²) in [6.07, 6.45) is 1.93. The number of hydrogen-bond donors (Lipinski definition) is 1. The lowest BCUT2D eigenvalue weighted by Crippen LogP contribution is -2.35. The Morgan fingerprint density at radius 3 is 2.38 bits per heavy atom. The lowest BCUT2D eigenvalue weighted by Gasteiger charge is -2.18. The van der Waals surface area contributed by atoms with Crippen LogP contribution in [0.5, 0.6) is 0 Å². The SMILES string of the molecule is CSc1ccccc1NC(=O)CN(C)C(=O)c1cc(Cl)cc(Cl)c1. The van der Waals surface area contributed by atoms with Gasteiger partial charge in [0.25, 0.3) is 5.91 Å². The van der Waals surface area contributed by atoms with Crippen LogP contribution in [0, 0.1) is 0 Å². The van der Waals surface area contributed by atoms with Crippen LogP contribution in [0.3, 0.4) is 0 Å². The molecule has 2 aromatic carbocycles. The quantitative estimate of drug-likeness (QED) is 0.778. The van der Waals surface area contributed by atoms with Crippen LogP contribution in [0.15, 0.2) is 47.4 Å². The molecule has 1 N–H and O–H groups in total. The standard InChI is InChI=1S/C17H16Cl2N2O2S/c1-21(17(23)11-7-12(18)9-13(19)8-11)10-16(22)20-14-5-3-4-6-15(14)24-2/h3-9H,10H2,1-2H3,(H,20,22). The first-order valence-corrected chi connectivity index (χ1v) is 9.03. The van der Waals surface area contributed by atoms with E-state index in [1.807, 2.05) is 30.5 Å². The lowest BCUT2D eigenvalue weighted by molar-refractivity contribution is -0.116. The smallest absolute Gasteiger partial charge is 0.254 e. The fourth-order valence-corrected chi connectivity index (χ4v) is 3.20. The normalized spacial score (nSPS) is 10.3. The number of carbonyl (C=O) groups is 2. The number of benzene rings is 2. The third kappa shape index (κ3) is 4.90. The van der Waals surface area contributed by atoms with Crippen molar-refractivity contribution in [3.8, 4) is 0 Å². The van der Waals surface area contributed by atoms with Crippen molar-refractivity contribution < 1.29 is 9.59 Å². The van der Waals surface area contributed by atoms with Crippen LogP contribution in [0.2, 0.25) is 10.0 Å². The molecule has 2 amide bonds. The average molecular weight is 383 g/mol. The minimum absolute atomic E-state index is 0.0777. The van der Waals surface area contributed by atoms with Crippen LogP contribution in [-0.2, 0) is 4.79 Å². The third-order valence-electron chi connectivity index (χ3n) is 3.22. The largest absolute Gasteiger partial charge is 0.332 e. The maximum absolute atomic E-state index is 12.4. The second-order valence-electron chi connectivity index (χ2n) is 5.07. The highest BCUT2D eigenvalue weighted by atomic mass is 35.5. The molecule has 0 atom stereocenters. The number of nitrogens with one attached hydrogen (secondary N) is 1. The molecule has 2 aromatic rings. The number of amides is 2. The first-order chi connectivity index (χ1) is 11.4. The first kappa shape index (κ1) is 18.6. The van der Waals surface area contributed by atoms with E-state index >= 15 is 0 Å². The van der Waals surface area contributed by atoms with Gasteiger partial charge >= 0.3 is 0 Å². The Morgan fingerprint density at radius 1 is 1.12 bits per heavy atom. The highest BCUT2D eigenvalue weighted by molar-refractivity contribution is 7.98. The topological polar surface area (TPSA) is 49.4 Å². The Kier molecular flexibility index (Phi) is 6.54. The molecular weight excluding hydrogens is 367 g/mol. The molecule has 0 aliphatic carbocycles. The number of thioether (sulfide) groups is 1. The molecule has 0 heterocycles. The molecule has 24 heavy (non-hydrogen) atoms. The molecule has 0 unspecified atom stereocenters. The van der Waals surface area contributed by atoms with Crippen LogP contribution in [0.4, 0.5) is 5.69 Å². The van der Waals surface area contributed by atoms with Crippen molar-refractivity contribution in [2.45, 2.75) is 4.90 Å². The number of hydrogen-bond acceptors (Lipinski definition) is 3. The van der Waals surface area contributed by atoms with Gasteiger partial charge in [0.05, 0.1) is 12.2 Å². The van der Waals surface area contributed by atoms with E-state index in [9.17, 15) is 9.59 Å². The molecular formula is C17H16Cl2N2O2S. The number of halogens is 2. The van der Waals surface area contributed by atoms with Crippen LogP contribution in [0.25, 0.3) is 0 Å². The molecule has 0 fully saturated rings. The summed E-state index contributed by atoms with van der Waals surface area (Å²) in [6.45, 7) is -0.0777. The van der Waals surface area contributed by atoms with Gasteiger partial charge in [-0.25, -0.2) is 0 Å². The summed E-state index contributed by atoms with van der Waals surface area (Å²) >= 11 is 13.4. The summed E-state index contributed by atoms with van der Waals surface area (Å²) in [6, 6.07) is 12.1. The summed E-state index contributed by atoms with van der Waals surface area (Å²) in [4.78, 5) is 26.9. The molecule has 0 aromatic heterocycles. The zero-order valence-electron chi connectivity index (χ0n) is 13.2. The van der Waals surface area contributed by atoms with E-state index in [1.54, 1.807) is 13.1 Å². The van der Waals surface area contributed by atoms with Gasteiger partial charge in [-0.1, -0.05) is 35.3 Å². The molecule has 0 aliphatic rings. The second-order valence-corrected chi connectivity index (χ2v) is 6.79. The van der Waals surface area contributed by atoms with Gasteiger partial charge in [-0.15, -0.1) is 11.8 Å². The first-order valence-electron chi connectivity index (χ1n) is 7.05. The Hall–Kier alpha value is -1.69. The summed E-state index contributed by atoms with van der Waals surface area (Å²) in [5.74, 6) is -0.604. The van der Waals surface area contributed by atoms with Gasteiger partial charge in [-0.2, -0.15) is 0 Å². The predicted octanol–water partition coefficient (Wildman–Crippen LogP) is 4.43. The maximum Gasteiger partial charge on any atom is 0.254 e. The van der Waals surface area contributed by atoms with E-state index in [0.717, 1.165) is 10.6 Å². The molecule has 0 radical (unpaired) electrons. The fraction of sp³-hybridized carbons (Fsp3) is 0.176. The molecule has 4 nitrogen and oxygen atoms in total. The van der Waals surface area contributed by atoms with Gasteiger partial charge in [0.1, 0.15) is 0 Å². The van der Waals surface area contributed by atoms with Gasteiger partial charge in [-0.3, -0.25) is 9.59 Å². The van der Waals surface area contributed by atoms with Crippen LogP contribution >= 0.6 is 35.0 Å². The molecule has 0 aliphatic heterocycles. The maximum atomic E-state index is 12.4. The van der Waals surface area contributed by atoms with Crippen LogP contribution < -0.4 is 5.32 Å². The van der Waals surface area contributed by atoms with Gasteiger partial charge in [0, 0.05) is 27.6 Å². The van der Waals surface area contributed by atoms with Crippen molar-refractivity contribution in [1.29, 1.82) is 0 Å². The summed E-state index contributed by atoms with van der Waals surface area (Å²) in [5, 5.41) is 3.56. The Morgan fingerprint density at radius 2 is 1.75 bits per heavy atom. The third-order valence-corrected chi connectivity index (χ3v) is 4.45. The summed E-state index contributed by atoms with van der Waals surface area (Å²) in [5.41, 5.74) is 1.06. The van der Waals surface area contributed by atoms with E-state index < -0.39 is 0 Å². The number of para-hydroxylation sites is 1. The van der Waals surface area contributed by atoms with Crippen LogP contribution in [-0.4, -0.2) is 36.6 Å². The van der Waals surface area contributed by atoms with Crippen molar-refractivity contribution in [3.63, 3.8) is 0 Å². The van der Waals surface area contributed by atoms with E-state index in [4.69, 9.17) is 23.2 Å². The zero-order chi connectivity index (χ0) is 17.7. The van der Waals surface area contributed by atoms with Crippen molar-refractivity contribution in [2.75, 3.05) is 25.2 Å². The monoisotopic (exact) mass is 382 g/mol. The molecule has 0 saturated carbocycles. The van der Waals surface area contributed by atoms with E-state index in [1.165, 1.54) is 28.8 Å². The number of nitrogens with zero attached hydrogens (tertiary/aromatic N) is 1. The highest BCUT2D eigenvalue weighted by Gasteiger charge is 2.16. The summed E-state index contributed by atoms with van der Waals surface area (Å²) in [7, 11) is 1.55. The predicted molar refractivity (Wildman–Crippen MR) is 100 cm³/mol. The number of likely N-dealkylation sites (N-methyl/N-ethyl adjacent to an activating group) is 1. The fourth-order valence-electron chi connectivity index (χ4n) is 2.12. The van der Waals surface area contributed by atoms with Gasteiger partial charge in [0.2, 0.25) is 5.91 Å². The van der Waals surface area contributed by atoms with Gasteiger partial charge < -0.3 is 10.2 Å². The Labute approximate surface area is 155 Å². The lowest BCUT2D eigenvalue weighted by atomic mass is 10.2. The summed E-state index contributed by atoms with van der Waals surface area (Å²) < 4.78 is 0. The molecule has 7 heteroatoms. The van der Waals surface area contributed by atoms with Crippen molar-refractivity contribution in [3.05, 3.63) is 58.1 Å². The molecule has 0 bridgehead atoms. The van der Waals surface area contributed by atoms with E-state index in [2.05, 4.69) is 5.32 Å². The molecule has 126 valence electrons. The van der Waals surface area contributed by atoms with Crippen LogP contribution in [0.1, 0.15) is 10.4 Å². The second kappa shape index (κ2) is 8.42. The minimum Gasteiger partial charge on any atom is -0.332 e. The minimum atomic E-state index is -0.326. The van der Waals surface area contributed by atoms with Crippen molar-refractivity contribution >= 4 is 52.5 Å². The zero-order valence-corrected chi connectivity index (χ0v) is 15.5. The Balaban J connectivity index is 2.04. The highest BCUT2D eigenvalue weighted by Crippen LogP contribution is 2.24.